The first-order valence-corrected chi connectivity index (χ1v) is 8.35. The standard InChI is InChI=1S/C14H23N3O2S/c1-10(11-6-4-7-11)16-12-8-5-9-13(14(12)15)20(18,19)17(2)3/h5,8-11,16H,4,6-7,15H2,1-3H3. The Balaban J connectivity index is 2.27. The fourth-order valence-electron chi connectivity index (χ4n) is 2.39. The predicted octanol–water partition coefficient (Wildman–Crippen LogP) is 2.12. The van der Waals surface area contributed by atoms with Crippen LogP contribution in [0, 0.1) is 5.92 Å². The Labute approximate surface area is 121 Å². The third-order valence-electron chi connectivity index (χ3n) is 4.06. The van der Waals surface area contributed by atoms with E-state index >= 15 is 0 Å². The molecule has 1 atom stereocenters. The molecule has 5 nitrogen and oxygen atoms in total. The molecule has 1 aromatic rings. The molecule has 6 heteroatoms. The lowest BCUT2D eigenvalue weighted by Crippen LogP contribution is -2.31. The molecule has 0 radical (unpaired) electrons. The highest BCUT2D eigenvalue weighted by molar-refractivity contribution is 7.89. The van der Waals surface area contributed by atoms with Crippen molar-refractivity contribution in [2.24, 2.45) is 5.92 Å². The number of para-hydroxylation sites is 1. The molecule has 3 N–H and O–H groups in total. The maximum atomic E-state index is 12.2. The zero-order valence-corrected chi connectivity index (χ0v) is 13.1. The van der Waals surface area contributed by atoms with Crippen LogP contribution in [0.1, 0.15) is 26.2 Å². The molecule has 0 aromatic heterocycles. The van der Waals surface area contributed by atoms with Crippen molar-refractivity contribution in [3.63, 3.8) is 0 Å². The van der Waals surface area contributed by atoms with Gasteiger partial charge in [-0.05, 0) is 37.8 Å². The molecule has 1 aliphatic carbocycles. The van der Waals surface area contributed by atoms with Gasteiger partial charge < -0.3 is 11.1 Å². The minimum atomic E-state index is -3.51. The molecule has 0 amide bonds. The second-order valence-electron chi connectivity index (χ2n) is 5.63. The molecule has 1 aromatic carbocycles. The van der Waals surface area contributed by atoms with Crippen molar-refractivity contribution >= 4 is 21.4 Å². The van der Waals surface area contributed by atoms with Crippen molar-refractivity contribution in [2.75, 3.05) is 25.1 Å². The number of rotatable bonds is 5. The van der Waals surface area contributed by atoms with Gasteiger partial charge >= 0.3 is 0 Å². The van der Waals surface area contributed by atoms with Crippen LogP contribution in [0.15, 0.2) is 23.1 Å². The number of nitrogens with two attached hydrogens (primary N) is 1. The summed E-state index contributed by atoms with van der Waals surface area (Å²) in [6.07, 6.45) is 3.73. The van der Waals surface area contributed by atoms with Gasteiger partial charge in [0.05, 0.1) is 11.4 Å². The number of benzene rings is 1. The average Bonchev–Trinajstić information content (AvgIpc) is 2.29. The molecule has 20 heavy (non-hydrogen) atoms. The summed E-state index contributed by atoms with van der Waals surface area (Å²) in [6.45, 7) is 2.12. The highest BCUT2D eigenvalue weighted by Gasteiger charge is 2.26. The van der Waals surface area contributed by atoms with Crippen molar-refractivity contribution in [3.05, 3.63) is 18.2 Å². The third-order valence-corrected chi connectivity index (χ3v) is 5.94. The van der Waals surface area contributed by atoms with Crippen LogP contribution in [0.3, 0.4) is 0 Å². The van der Waals surface area contributed by atoms with Gasteiger partial charge in [-0.15, -0.1) is 0 Å². The summed E-state index contributed by atoms with van der Waals surface area (Å²) in [5.74, 6) is 0.656. The smallest absolute Gasteiger partial charge is 0.244 e. The molecule has 112 valence electrons. The maximum Gasteiger partial charge on any atom is 0.244 e. The Morgan fingerprint density at radius 2 is 2.00 bits per heavy atom. The summed E-state index contributed by atoms with van der Waals surface area (Å²) in [7, 11) is -0.498. The van der Waals surface area contributed by atoms with Gasteiger partial charge in [0.25, 0.3) is 0 Å². The number of nitrogens with one attached hydrogen (secondary N) is 1. The van der Waals surface area contributed by atoms with Crippen molar-refractivity contribution in [1.29, 1.82) is 0 Å². The van der Waals surface area contributed by atoms with Crippen LogP contribution in [0.4, 0.5) is 11.4 Å². The molecular formula is C14H23N3O2S. The molecule has 1 unspecified atom stereocenters. The van der Waals surface area contributed by atoms with E-state index in [0.29, 0.717) is 23.3 Å². The van der Waals surface area contributed by atoms with E-state index in [2.05, 4.69) is 12.2 Å². The summed E-state index contributed by atoms with van der Waals surface area (Å²) >= 11 is 0. The van der Waals surface area contributed by atoms with E-state index in [0.717, 1.165) is 0 Å². The van der Waals surface area contributed by atoms with Gasteiger partial charge in [0.15, 0.2) is 0 Å². The number of hydrogen-bond donors (Lipinski definition) is 2. The molecule has 2 rings (SSSR count). The first-order valence-electron chi connectivity index (χ1n) is 6.91. The Hall–Kier alpha value is -1.27. The molecular weight excluding hydrogens is 274 g/mol. The normalized spacial score (nSPS) is 17.8. The van der Waals surface area contributed by atoms with Gasteiger partial charge in [0.1, 0.15) is 4.90 Å². The van der Waals surface area contributed by atoms with Crippen LogP contribution in [-0.4, -0.2) is 32.9 Å². The lowest BCUT2D eigenvalue weighted by molar-refractivity contribution is 0.285. The van der Waals surface area contributed by atoms with Crippen molar-refractivity contribution in [2.45, 2.75) is 37.1 Å². The Morgan fingerprint density at radius 3 is 2.50 bits per heavy atom. The molecule has 0 spiro atoms. The molecule has 0 saturated heterocycles. The highest BCUT2D eigenvalue weighted by Crippen LogP contribution is 2.34. The van der Waals surface area contributed by atoms with Crippen LogP contribution in [0.25, 0.3) is 0 Å². The Bertz CT molecular complexity index is 580. The lowest BCUT2D eigenvalue weighted by Gasteiger charge is -2.33. The number of nitrogens with zero attached hydrogens (tertiary/aromatic N) is 1. The summed E-state index contributed by atoms with van der Waals surface area (Å²) < 4.78 is 25.6. The zero-order valence-electron chi connectivity index (χ0n) is 12.3. The summed E-state index contributed by atoms with van der Waals surface area (Å²) in [5, 5.41) is 3.36. The largest absolute Gasteiger partial charge is 0.396 e. The average molecular weight is 297 g/mol. The first kappa shape index (κ1) is 15.1. The number of nitrogen functional groups attached to an aromatic ring is 1. The SMILES string of the molecule is CC(Nc1cccc(S(=O)(=O)N(C)C)c1N)C1CCC1. The third kappa shape index (κ3) is 2.76. The summed E-state index contributed by atoms with van der Waals surface area (Å²) in [4.78, 5) is 0.160. The zero-order chi connectivity index (χ0) is 14.9. The van der Waals surface area contributed by atoms with Gasteiger partial charge in [-0.2, -0.15) is 0 Å². The second-order valence-corrected chi connectivity index (χ2v) is 7.75. The number of sulfonamides is 1. The monoisotopic (exact) mass is 297 g/mol. The van der Waals surface area contributed by atoms with Gasteiger partial charge in [0.2, 0.25) is 10.0 Å². The highest BCUT2D eigenvalue weighted by atomic mass is 32.2. The molecule has 1 fully saturated rings. The van der Waals surface area contributed by atoms with Gasteiger partial charge in [-0.25, -0.2) is 12.7 Å². The van der Waals surface area contributed by atoms with E-state index in [1.165, 1.54) is 37.7 Å². The van der Waals surface area contributed by atoms with Gasteiger partial charge in [-0.3, -0.25) is 0 Å². The van der Waals surface area contributed by atoms with Crippen molar-refractivity contribution < 1.29 is 8.42 Å². The minimum Gasteiger partial charge on any atom is -0.396 e. The van der Waals surface area contributed by atoms with E-state index < -0.39 is 10.0 Å². The molecule has 0 aliphatic heterocycles. The Kier molecular flexibility index (Phi) is 4.25. The first-order chi connectivity index (χ1) is 9.34. The van der Waals surface area contributed by atoms with E-state index in [9.17, 15) is 8.42 Å². The molecule has 0 heterocycles. The van der Waals surface area contributed by atoms with E-state index in [-0.39, 0.29) is 4.90 Å². The Morgan fingerprint density at radius 1 is 1.35 bits per heavy atom. The van der Waals surface area contributed by atoms with Crippen molar-refractivity contribution in [1.82, 2.24) is 4.31 Å². The van der Waals surface area contributed by atoms with Gasteiger partial charge in [0, 0.05) is 20.1 Å². The topological polar surface area (TPSA) is 75.4 Å². The molecule has 0 bridgehead atoms. The van der Waals surface area contributed by atoms with E-state index in [1.54, 1.807) is 12.1 Å². The quantitative estimate of drug-likeness (QED) is 0.816. The van der Waals surface area contributed by atoms with Crippen LogP contribution in [0.2, 0.25) is 0 Å². The van der Waals surface area contributed by atoms with E-state index in [4.69, 9.17) is 5.73 Å². The predicted molar refractivity (Wildman–Crippen MR) is 82.2 cm³/mol. The van der Waals surface area contributed by atoms with E-state index in [1.807, 2.05) is 6.07 Å². The fraction of sp³-hybridized carbons (Fsp3) is 0.571. The summed E-state index contributed by atoms with van der Waals surface area (Å²) in [6, 6.07) is 5.41. The van der Waals surface area contributed by atoms with Crippen molar-refractivity contribution in [3.8, 4) is 0 Å². The van der Waals surface area contributed by atoms with Gasteiger partial charge in [-0.1, -0.05) is 12.5 Å². The minimum absolute atomic E-state index is 0.160. The van der Waals surface area contributed by atoms with Crippen LogP contribution in [-0.2, 0) is 10.0 Å². The van der Waals surface area contributed by atoms with Crippen LogP contribution >= 0.6 is 0 Å². The molecule has 1 aliphatic rings. The number of anilines is 2. The summed E-state index contributed by atoms with van der Waals surface area (Å²) in [5.41, 5.74) is 7.05. The number of hydrogen-bond acceptors (Lipinski definition) is 4. The lowest BCUT2D eigenvalue weighted by atomic mass is 9.80. The maximum absolute atomic E-state index is 12.2. The van der Waals surface area contributed by atoms with Crippen LogP contribution < -0.4 is 11.1 Å². The fourth-order valence-corrected chi connectivity index (χ4v) is 3.43. The molecule has 1 saturated carbocycles. The van der Waals surface area contributed by atoms with Crippen LogP contribution in [0.5, 0.6) is 0 Å². The second kappa shape index (κ2) is 5.61.